The van der Waals surface area contributed by atoms with Gasteiger partial charge in [0.25, 0.3) is 0 Å². The van der Waals surface area contributed by atoms with Crippen molar-refractivity contribution >= 4 is 17.4 Å². The van der Waals surface area contributed by atoms with Crippen LogP contribution in [-0.4, -0.2) is 22.6 Å². The van der Waals surface area contributed by atoms with Crippen LogP contribution in [0.4, 0.5) is 0 Å². The second-order valence-electron chi connectivity index (χ2n) is 4.28. The van der Waals surface area contributed by atoms with Crippen LogP contribution in [0.5, 0.6) is 0 Å². The fourth-order valence-corrected chi connectivity index (χ4v) is 2.48. The number of ketones is 1. The number of carbonyl (C=O) groups is 1. The highest BCUT2D eigenvalue weighted by Crippen LogP contribution is 2.32. The smallest absolute Gasteiger partial charge is 0.288 e. The molecule has 0 saturated carbocycles. The molecule has 96 valence electrons. The molecule has 1 aromatic rings. The topological polar surface area (TPSA) is 72.2 Å². The van der Waals surface area contributed by atoms with Gasteiger partial charge >= 0.3 is 5.66 Å². The number of benzene rings is 1. The SMILES string of the molecule is CC(Cl)C(=O)C1([N+](=O)[O-])NCCc2ccccc21. The zero-order valence-corrected chi connectivity index (χ0v) is 10.6. The van der Waals surface area contributed by atoms with Gasteiger partial charge in [-0.3, -0.25) is 14.9 Å². The summed E-state index contributed by atoms with van der Waals surface area (Å²) in [5.74, 6) is -0.624. The fourth-order valence-electron chi connectivity index (χ4n) is 2.33. The zero-order valence-electron chi connectivity index (χ0n) is 9.85. The number of halogens is 1. The molecule has 2 rings (SSSR count). The Hall–Kier alpha value is -1.46. The first kappa shape index (κ1) is 13.0. The zero-order chi connectivity index (χ0) is 13.3. The molecule has 0 saturated heterocycles. The van der Waals surface area contributed by atoms with E-state index in [1.165, 1.54) is 6.92 Å². The van der Waals surface area contributed by atoms with E-state index in [0.29, 0.717) is 18.5 Å². The van der Waals surface area contributed by atoms with Gasteiger partial charge < -0.3 is 0 Å². The van der Waals surface area contributed by atoms with Gasteiger partial charge in [0, 0.05) is 6.54 Å². The second-order valence-corrected chi connectivity index (χ2v) is 4.94. The van der Waals surface area contributed by atoms with Gasteiger partial charge in [0.05, 0.1) is 15.9 Å². The number of hydrogen-bond donors (Lipinski definition) is 1. The minimum atomic E-state index is -1.91. The monoisotopic (exact) mass is 268 g/mol. The van der Waals surface area contributed by atoms with Gasteiger partial charge in [0.15, 0.2) is 0 Å². The van der Waals surface area contributed by atoms with Gasteiger partial charge in [-0.1, -0.05) is 18.2 Å². The van der Waals surface area contributed by atoms with Crippen LogP contribution in [0, 0.1) is 10.1 Å². The van der Waals surface area contributed by atoms with Gasteiger partial charge in [-0.15, -0.1) is 11.6 Å². The molecule has 6 heteroatoms. The van der Waals surface area contributed by atoms with Crippen molar-refractivity contribution in [3.8, 4) is 0 Å². The molecule has 1 aliphatic rings. The number of alkyl halides is 1. The number of fused-ring (bicyclic) bond motifs is 1. The molecule has 2 atom stereocenters. The Morgan fingerprint density at radius 3 is 2.83 bits per heavy atom. The van der Waals surface area contributed by atoms with Gasteiger partial charge in [0.2, 0.25) is 5.78 Å². The maximum absolute atomic E-state index is 12.2. The first-order valence-corrected chi connectivity index (χ1v) is 6.10. The predicted molar refractivity (Wildman–Crippen MR) is 67.1 cm³/mol. The van der Waals surface area contributed by atoms with Crippen molar-refractivity contribution in [2.24, 2.45) is 0 Å². The minimum Gasteiger partial charge on any atom is -0.288 e. The summed E-state index contributed by atoms with van der Waals surface area (Å²) in [5, 5.41) is 13.3. The third-order valence-corrected chi connectivity index (χ3v) is 3.37. The van der Waals surface area contributed by atoms with Crippen LogP contribution in [0.3, 0.4) is 0 Å². The molecule has 18 heavy (non-hydrogen) atoms. The molecule has 5 nitrogen and oxygen atoms in total. The quantitative estimate of drug-likeness (QED) is 0.512. The number of nitro groups is 1. The van der Waals surface area contributed by atoms with E-state index in [4.69, 9.17) is 11.6 Å². The van der Waals surface area contributed by atoms with Gasteiger partial charge in [-0.25, -0.2) is 5.32 Å². The van der Waals surface area contributed by atoms with Gasteiger partial charge in [-0.2, -0.15) is 0 Å². The Morgan fingerprint density at radius 1 is 1.56 bits per heavy atom. The van der Waals surface area contributed by atoms with Crippen LogP contribution in [-0.2, 0) is 16.9 Å². The van der Waals surface area contributed by atoms with Crippen molar-refractivity contribution in [3.05, 3.63) is 45.5 Å². The molecule has 0 spiro atoms. The van der Waals surface area contributed by atoms with Crippen molar-refractivity contribution < 1.29 is 9.72 Å². The van der Waals surface area contributed by atoms with Crippen molar-refractivity contribution in [2.45, 2.75) is 24.4 Å². The van der Waals surface area contributed by atoms with Crippen LogP contribution in [0.2, 0.25) is 0 Å². The highest BCUT2D eigenvalue weighted by atomic mass is 35.5. The largest absolute Gasteiger partial charge is 0.360 e. The van der Waals surface area contributed by atoms with Gasteiger partial charge in [-0.05, 0) is 25.0 Å². The summed E-state index contributed by atoms with van der Waals surface area (Å²) in [6.07, 6.45) is 0.662. The molecule has 2 unspecified atom stereocenters. The molecule has 0 aromatic heterocycles. The first-order valence-electron chi connectivity index (χ1n) is 5.66. The second kappa shape index (κ2) is 4.66. The average Bonchev–Trinajstić information content (AvgIpc) is 2.36. The van der Waals surface area contributed by atoms with Crippen LogP contribution < -0.4 is 5.32 Å². The van der Waals surface area contributed by atoms with E-state index in [-0.39, 0.29) is 0 Å². The van der Waals surface area contributed by atoms with E-state index >= 15 is 0 Å². The molecular formula is C12H13ClN2O3. The van der Waals surface area contributed by atoms with E-state index in [9.17, 15) is 14.9 Å². The Balaban J connectivity index is 2.64. The number of hydrogen-bond acceptors (Lipinski definition) is 4. The van der Waals surface area contributed by atoms with E-state index in [2.05, 4.69) is 5.32 Å². The molecule has 0 bridgehead atoms. The lowest BCUT2D eigenvalue weighted by Gasteiger charge is -2.31. The van der Waals surface area contributed by atoms with E-state index in [0.717, 1.165) is 5.56 Å². The summed E-state index contributed by atoms with van der Waals surface area (Å²) in [6, 6.07) is 6.92. The van der Waals surface area contributed by atoms with E-state index < -0.39 is 21.7 Å². The highest BCUT2D eigenvalue weighted by molar-refractivity contribution is 6.31. The third kappa shape index (κ3) is 1.79. The Labute approximate surface area is 109 Å². The number of nitrogens with zero attached hydrogens (tertiary/aromatic N) is 1. The molecular weight excluding hydrogens is 256 g/mol. The molecule has 1 heterocycles. The maximum atomic E-state index is 12.2. The molecule has 1 aliphatic heterocycles. The standard InChI is InChI=1S/C12H13ClN2O3/c1-8(13)11(16)12(15(17)18)10-5-3-2-4-9(10)6-7-14-12/h2-5,8,14H,6-7H2,1H3. The average molecular weight is 269 g/mol. The summed E-state index contributed by atoms with van der Waals surface area (Å²) in [7, 11) is 0. The lowest BCUT2D eigenvalue weighted by Crippen LogP contribution is -2.60. The molecule has 0 aliphatic carbocycles. The minimum absolute atomic E-state index is 0.382. The lowest BCUT2D eigenvalue weighted by molar-refractivity contribution is -0.569. The number of Topliss-reactive ketones (excluding diaryl/α,β-unsaturated/α-hetero) is 1. The van der Waals surface area contributed by atoms with Crippen LogP contribution >= 0.6 is 11.6 Å². The summed E-state index contributed by atoms with van der Waals surface area (Å²) < 4.78 is 0. The van der Waals surface area contributed by atoms with Crippen molar-refractivity contribution in [1.29, 1.82) is 0 Å². The summed E-state index contributed by atoms with van der Waals surface area (Å²) in [4.78, 5) is 23.1. The predicted octanol–water partition coefficient (Wildman–Crippen LogP) is 1.46. The fraction of sp³-hybridized carbons (Fsp3) is 0.417. The van der Waals surface area contributed by atoms with Crippen molar-refractivity contribution in [1.82, 2.24) is 5.32 Å². The summed E-state index contributed by atoms with van der Waals surface area (Å²) >= 11 is 5.77. The Kier molecular flexibility index (Phi) is 3.36. The molecule has 0 radical (unpaired) electrons. The molecule has 0 fully saturated rings. The van der Waals surface area contributed by atoms with Gasteiger partial charge in [0.1, 0.15) is 0 Å². The maximum Gasteiger partial charge on any atom is 0.360 e. The number of carbonyl (C=O) groups excluding carboxylic acids is 1. The van der Waals surface area contributed by atoms with Crippen LogP contribution in [0.25, 0.3) is 0 Å². The van der Waals surface area contributed by atoms with Crippen molar-refractivity contribution in [3.63, 3.8) is 0 Å². The van der Waals surface area contributed by atoms with Crippen LogP contribution in [0.1, 0.15) is 18.1 Å². The first-order chi connectivity index (χ1) is 8.50. The summed E-state index contributed by atoms with van der Waals surface area (Å²) in [5.41, 5.74) is -0.687. The normalized spacial score (nSPS) is 24.1. The third-order valence-electron chi connectivity index (χ3n) is 3.17. The Bertz CT molecular complexity index is 504. The number of nitrogens with one attached hydrogen (secondary N) is 1. The molecule has 1 aromatic carbocycles. The van der Waals surface area contributed by atoms with Crippen LogP contribution in [0.15, 0.2) is 24.3 Å². The van der Waals surface area contributed by atoms with E-state index in [1.807, 2.05) is 6.07 Å². The lowest BCUT2D eigenvalue weighted by atomic mass is 9.85. The van der Waals surface area contributed by atoms with Crippen molar-refractivity contribution in [2.75, 3.05) is 6.54 Å². The Morgan fingerprint density at radius 2 is 2.22 bits per heavy atom. The molecule has 1 N–H and O–H groups in total. The molecule has 0 amide bonds. The number of rotatable bonds is 3. The summed E-state index contributed by atoms with van der Waals surface area (Å²) in [6.45, 7) is 1.83. The highest BCUT2D eigenvalue weighted by Gasteiger charge is 2.55. The van der Waals surface area contributed by atoms with E-state index in [1.54, 1.807) is 18.2 Å².